The molecule has 0 radical (unpaired) electrons. The number of hydrogen-bond acceptors (Lipinski definition) is 2. The molecule has 1 aliphatic carbocycles. The van der Waals surface area contributed by atoms with Crippen LogP contribution in [0.1, 0.15) is 12.8 Å². The Bertz CT molecular complexity index is 122. The Hall–Kier alpha value is -0.790. The van der Waals surface area contributed by atoms with Crippen molar-refractivity contribution in [3.05, 3.63) is 12.3 Å². The van der Waals surface area contributed by atoms with Crippen LogP contribution < -0.4 is 5.73 Å². The van der Waals surface area contributed by atoms with Gasteiger partial charge in [-0.15, -0.1) is 0 Å². The van der Waals surface area contributed by atoms with E-state index in [1.54, 1.807) is 6.08 Å². The predicted octanol–water partition coefficient (Wildman–Crippen LogP) is 0.889. The highest BCUT2D eigenvalue weighted by Crippen LogP contribution is 2.30. The summed E-state index contributed by atoms with van der Waals surface area (Å²) in [5.41, 5.74) is 5.76. The average molecular weight is 110 g/mol. The molecule has 0 amide bonds. The first kappa shape index (κ1) is 5.35. The summed E-state index contributed by atoms with van der Waals surface area (Å²) in [6, 6.07) is 0. The van der Waals surface area contributed by atoms with Crippen LogP contribution in [-0.4, -0.2) is 5.71 Å². The SMILES string of the molecule is N=C(/C=C\N)C1CC1. The average Bonchev–Trinajstić information content (AvgIpc) is 2.45. The minimum absolute atomic E-state index is 0.537. The van der Waals surface area contributed by atoms with E-state index in [-0.39, 0.29) is 0 Å². The monoisotopic (exact) mass is 110 g/mol. The predicted molar refractivity (Wildman–Crippen MR) is 33.8 cm³/mol. The van der Waals surface area contributed by atoms with E-state index in [0.29, 0.717) is 11.6 Å². The van der Waals surface area contributed by atoms with Gasteiger partial charge >= 0.3 is 0 Å². The van der Waals surface area contributed by atoms with Gasteiger partial charge in [0.25, 0.3) is 0 Å². The van der Waals surface area contributed by atoms with Crippen molar-refractivity contribution in [2.24, 2.45) is 11.7 Å². The molecule has 2 nitrogen and oxygen atoms in total. The molecule has 0 atom stereocenters. The van der Waals surface area contributed by atoms with E-state index in [0.717, 1.165) is 0 Å². The summed E-state index contributed by atoms with van der Waals surface area (Å²) in [4.78, 5) is 0. The molecule has 0 aromatic rings. The second-order valence-electron chi connectivity index (χ2n) is 2.09. The third kappa shape index (κ3) is 1.09. The minimum Gasteiger partial charge on any atom is -0.405 e. The van der Waals surface area contributed by atoms with Gasteiger partial charge in [0.05, 0.1) is 0 Å². The van der Waals surface area contributed by atoms with Crippen molar-refractivity contribution >= 4 is 5.71 Å². The normalized spacial score (nSPS) is 19.5. The zero-order valence-corrected chi connectivity index (χ0v) is 4.72. The molecule has 1 aliphatic rings. The zero-order valence-electron chi connectivity index (χ0n) is 4.72. The fraction of sp³-hybridized carbons (Fsp3) is 0.500. The van der Waals surface area contributed by atoms with Crippen LogP contribution in [-0.2, 0) is 0 Å². The van der Waals surface area contributed by atoms with Crippen LogP contribution in [0.15, 0.2) is 12.3 Å². The molecule has 0 spiro atoms. The van der Waals surface area contributed by atoms with Gasteiger partial charge in [-0.2, -0.15) is 0 Å². The molecule has 0 heterocycles. The summed E-state index contributed by atoms with van der Waals surface area (Å²) in [7, 11) is 0. The lowest BCUT2D eigenvalue weighted by atomic mass is 10.2. The second-order valence-corrected chi connectivity index (χ2v) is 2.09. The van der Waals surface area contributed by atoms with Gasteiger partial charge in [0.2, 0.25) is 0 Å². The molecule has 1 saturated carbocycles. The highest BCUT2D eigenvalue weighted by Gasteiger charge is 2.24. The fourth-order valence-electron chi connectivity index (χ4n) is 0.634. The van der Waals surface area contributed by atoms with E-state index in [1.807, 2.05) is 0 Å². The number of nitrogens with one attached hydrogen (secondary N) is 1. The number of allylic oxidation sites excluding steroid dienone is 1. The van der Waals surface area contributed by atoms with Crippen LogP contribution in [0.5, 0.6) is 0 Å². The highest BCUT2D eigenvalue weighted by atomic mass is 14.5. The van der Waals surface area contributed by atoms with E-state index in [1.165, 1.54) is 19.0 Å². The summed E-state index contributed by atoms with van der Waals surface area (Å²) >= 11 is 0. The van der Waals surface area contributed by atoms with Crippen LogP contribution in [0.4, 0.5) is 0 Å². The van der Waals surface area contributed by atoms with Crippen molar-refractivity contribution in [1.82, 2.24) is 0 Å². The molecule has 0 aromatic carbocycles. The van der Waals surface area contributed by atoms with Crippen LogP contribution >= 0.6 is 0 Å². The Labute approximate surface area is 48.9 Å². The molecule has 0 saturated heterocycles. The Morgan fingerprint density at radius 1 is 1.62 bits per heavy atom. The largest absolute Gasteiger partial charge is 0.405 e. The standard InChI is InChI=1S/C6H10N2/c7-4-3-6(8)5-1-2-5/h3-5,8H,1-2,7H2/b4-3-,8-6?. The quantitative estimate of drug-likeness (QED) is 0.509. The Balaban J connectivity index is 2.33. The lowest BCUT2D eigenvalue weighted by molar-refractivity contribution is 1.17. The molecule has 3 N–H and O–H groups in total. The molecule has 0 aliphatic heterocycles. The van der Waals surface area contributed by atoms with Crippen LogP contribution in [0.2, 0.25) is 0 Å². The van der Waals surface area contributed by atoms with E-state index >= 15 is 0 Å². The van der Waals surface area contributed by atoms with E-state index in [9.17, 15) is 0 Å². The van der Waals surface area contributed by atoms with E-state index < -0.39 is 0 Å². The van der Waals surface area contributed by atoms with E-state index in [4.69, 9.17) is 11.1 Å². The number of nitrogens with two attached hydrogens (primary N) is 1. The maximum absolute atomic E-state index is 7.24. The van der Waals surface area contributed by atoms with Crippen LogP contribution in [0.3, 0.4) is 0 Å². The molecule has 8 heavy (non-hydrogen) atoms. The Morgan fingerprint density at radius 3 is 2.62 bits per heavy atom. The fourth-order valence-corrected chi connectivity index (χ4v) is 0.634. The molecular weight excluding hydrogens is 100 g/mol. The van der Waals surface area contributed by atoms with Gasteiger partial charge in [-0.1, -0.05) is 0 Å². The molecule has 0 aromatic heterocycles. The van der Waals surface area contributed by atoms with Crippen molar-refractivity contribution < 1.29 is 0 Å². The molecular formula is C6H10N2. The summed E-state index contributed by atoms with van der Waals surface area (Å²) in [6.45, 7) is 0. The summed E-state index contributed by atoms with van der Waals surface area (Å²) in [5, 5.41) is 7.24. The smallest absolute Gasteiger partial charge is 0.0359 e. The van der Waals surface area contributed by atoms with Gasteiger partial charge in [-0.25, -0.2) is 0 Å². The molecule has 0 bridgehead atoms. The molecule has 44 valence electrons. The van der Waals surface area contributed by atoms with Crippen LogP contribution in [0.25, 0.3) is 0 Å². The molecule has 2 heteroatoms. The lowest BCUT2D eigenvalue weighted by Gasteiger charge is -1.86. The Morgan fingerprint density at radius 2 is 2.25 bits per heavy atom. The van der Waals surface area contributed by atoms with Gasteiger partial charge in [-0.05, 0) is 25.1 Å². The molecule has 1 rings (SSSR count). The van der Waals surface area contributed by atoms with Crippen molar-refractivity contribution in [1.29, 1.82) is 5.41 Å². The molecule has 1 fully saturated rings. The zero-order chi connectivity index (χ0) is 5.98. The minimum atomic E-state index is 0.537. The summed E-state index contributed by atoms with van der Waals surface area (Å²) in [5.74, 6) is 0.537. The van der Waals surface area contributed by atoms with Crippen molar-refractivity contribution in [3.8, 4) is 0 Å². The van der Waals surface area contributed by atoms with E-state index in [2.05, 4.69) is 0 Å². The second kappa shape index (κ2) is 1.99. The Kier molecular flexibility index (Phi) is 1.33. The van der Waals surface area contributed by atoms with Gasteiger partial charge in [-0.3, -0.25) is 0 Å². The highest BCUT2D eigenvalue weighted by molar-refractivity contribution is 5.95. The number of hydrogen-bond donors (Lipinski definition) is 2. The molecule has 0 unspecified atom stereocenters. The maximum atomic E-state index is 7.24. The van der Waals surface area contributed by atoms with Gasteiger partial charge < -0.3 is 11.1 Å². The first-order chi connectivity index (χ1) is 3.84. The summed E-state index contributed by atoms with van der Waals surface area (Å²) < 4.78 is 0. The van der Waals surface area contributed by atoms with Crippen molar-refractivity contribution in [3.63, 3.8) is 0 Å². The summed E-state index contributed by atoms with van der Waals surface area (Å²) in [6.07, 6.45) is 5.46. The first-order valence-electron chi connectivity index (χ1n) is 2.81. The lowest BCUT2D eigenvalue weighted by Crippen LogP contribution is -1.93. The maximum Gasteiger partial charge on any atom is 0.0359 e. The van der Waals surface area contributed by atoms with Crippen molar-refractivity contribution in [2.75, 3.05) is 0 Å². The van der Waals surface area contributed by atoms with Gasteiger partial charge in [0.1, 0.15) is 0 Å². The third-order valence-corrected chi connectivity index (χ3v) is 1.29. The van der Waals surface area contributed by atoms with Crippen molar-refractivity contribution in [2.45, 2.75) is 12.8 Å². The first-order valence-corrected chi connectivity index (χ1v) is 2.81. The van der Waals surface area contributed by atoms with Crippen LogP contribution in [0, 0.1) is 11.3 Å². The topological polar surface area (TPSA) is 49.9 Å². The third-order valence-electron chi connectivity index (χ3n) is 1.29. The van der Waals surface area contributed by atoms with Gasteiger partial charge in [0.15, 0.2) is 0 Å². The van der Waals surface area contributed by atoms with Gasteiger partial charge in [0, 0.05) is 11.6 Å². The number of rotatable bonds is 2.